The number of aliphatic hydroxyl groups is 1. The van der Waals surface area contributed by atoms with Gasteiger partial charge in [0.15, 0.2) is 5.96 Å². The molecule has 7 nitrogen and oxygen atoms in total. The Morgan fingerprint density at radius 1 is 1.21 bits per heavy atom. The molecule has 0 saturated carbocycles. The first-order valence-corrected chi connectivity index (χ1v) is 10.7. The fourth-order valence-electron chi connectivity index (χ4n) is 3.59. The van der Waals surface area contributed by atoms with Gasteiger partial charge in [-0.3, -0.25) is 9.79 Å². The summed E-state index contributed by atoms with van der Waals surface area (Å²) < 4.78 is 0. The minimum absolute atomic E-state index is 0. The summed E-state index contributed by atoms with van der Waals surface area (Å²) in [6.07, 6.45) is 7.08. The van der Waals surface area contributed by atoms with Crippen LogP contribution in [-0.4, -0.2) is 67.7 Å². The minimum Gasteiger partial charge on any atom is -0.396 e. The number of halogens is 1. The summed E-state index contributed by atoms with van der Waals surface area (Å²) >= 11 is 0. The van der Waals surface area contributed by atoms with Crippen LogP contribution in [0.1, 0.15) is 58.8 Å². The largest absolute Gasteiger partial charge is 0.396 e. The molecule has 0 radical (unpaired) electrons. The fourth-order valence-corrected chi connectivity index (χ4v) is 3.59. The van der Waals surface area contributed by atoms with E-state index in [1.807, 2.05) is 0 Å². The number of nitrogens with one attached hydrogen (secondary N) is 2. The predicted molar refractivity (Wildman–Crippen MR) is 127 cm³/mol. The van der Waals surface area contributed by atoms with Crippen LogP contribution < -0.4 is 16.4 Å². The van der Waals surface area contributed by atoms with Gasteiger partial charge in [0.25, 0.3) is 0 Å². The molecule has 8 heteroatoms. The molecule has 0 aromatic carbocycles. The number of nitrogens with two attached hydrogens (primary N) is 1. The van der Waals surface area contributed by atoms with E-state index < -0.39 is 0 Å². The number of hydrogen-bond donors (Lipinski definition) is 4. The second-order valence-electron chi connectivity index (χ2n) is 7.54. The Morgan fingerprint density at radius 2 is 1.93 bits per heavy atom. The molecular formula is C20H42IN5O2. The quantitative estimate of drug-likeness (QED) is 0.131. The summed E-state index contributed by atoms with van der Waals surface area (Å²) in [4.78, 5) is 18.3. The number of hydrogen-bond acceptors (Lipinski definition) is 4. The molecule has 0 aromatic rings. The van der Waals surface area contributed by atoms with Crippen molar-refractivity contribution in [2.75, 3.05) is 45.9 Å². The molecule has 0 aromatic heterocycles. The van der Waals surface area contributed by atoms with Crippen LogP contribution in [0.15, 0.2) is 4.99 Å². The molecule has 1 amide bonds. The Labute approximate surface area is 188 Å². The summed E-state index contributed by atoms with van der Waals surface area (Å²) in [5.74, 6) is 1.26. The summed E-state index contributed by atoms with van der Waals surface area (Å²) in [5.41, 5.74) is 5.39. The molecule has 1 atom stereocenters. The minimum atomic E-state index is -0.144. The number of unbranched alkanes of at least 4 members (excludes halogenated alkanes) is 1. The summed E-state index contributed by atoms with van der Waals surface area (Å²) in [6, 6.07) is 0. The van der Waals surface area contributed by atoms with Crippen LogP contribution in [0.5, 0.6) is 0 Å². The second kappa shape index (κ2) is 17.3. The molecule has 1 heterocycles. The maximum Gasteiger partial charge on any atom is 0.220 e. The van der Waals surface area contributed by atoms with Gasteiger partial charge in [0.2, 0.25) is 5.91 Å². The number of aliphatic imine (C=N–C) groups is 1. The highest BCUT2D eigenvalue weighted by Crippen LogP contribution is 2.16. The highest BCUT2D eigenvalue weighted by atomic mass is 127. The lowest BCUT2D eigenvalue weighted by molar-refractivity contribution is -0.123. The molecule has 5 N–H and O–H groups in total. The number of rotatable bonds is 13. The van der Waals surface area contributed by atoms with E-state index >= 15 is 0 Å². The van der Waals surface area contributed by atoms with Crippen molar-refractivity contribution >= 4 is 35.8 Å². The molecule has 1 saturated heterocycles. The number of carbonyl (C=O) groups is 1. The molecule has 1 rings (SSSR count). The van der Waals surface area contributed by atoms with Gasteiger partial charge in [-0.15, -0.1) is 24.0 Å². The van der Waals surface area contributed by atoms with Crippen molar-refractivity contribution in [3.8, 4) is 0 Å². The number of guanidine groups is 1. The van der Waals surface area contributed by atoms with Gasteiger partial charge < -0.3 is 26.4 Å². The SMILES string of the molecule is CCCC(CCO)CN=C(NCC)NCCCCN1CCC(C(N)=O)CC1.I. The van der Waals surface area contributed by atoms with E-state index in [1.54, 1.807) is 0 Å². The molecular weight excluding hydrogens is 469 g/mol. The smallest absolute Gasteiger partial charge is 0.220 e. The topological polar surface area (TPSA) is 103 Å². The van der Waals surface area contributed by atoms with E-state index in [9.17, 15) is 9.90 Å². The average Bonchev–Trinajstić information content (AvgIpc) is 2.66. The maximum atomic E-state index is 11.2. The number of piperidine rings is 1. The van der Waals surface area contributed by atoms with Gasteiger partial charge in [0.1, 0.15) is 0 Å². The van der Waals surface area contributed by atoms with Gasteiger partial charge >= 0.3 is 0 Å². The Hall–Kier alpha value is -0.610. The molecule has 166 valence electrons. The Kier molecular flexibility index (Phi) is 16.9. The van der Waals surface area contributed by atoms with Gasteiger partial charge in [-0.05, 0) is 71.0 Å². The Morgan fingerprint density at radius 3 is 2.50 bits per heavy atom. The van der Waals surface area contributed by atoms with Crippen LogP contribution in [0.3, 0.4) is 0 Å². The Bertz CT molecular complexity index is 423. The van der Waals surface area contributed by atoms with Gasteiger partial charge in [0, 0.05) is 32.2 Å². The number of primary amides is 1. The number of nitrogens with zero attached hydrogens (tertiary/aromatic N) is 2. The van der Waals surface area contributed by atoms with E-state index in [2.05, 4.69) is 29.4 Å². The first kappa shape index (κ1) is 27.4. The van der Waals surface area contributed by atoms with Gasteiger partial charge in [-0.25, -0.2) is 0 Å². The number of amides is 1. The van der Waals surface area contributed by atoms with Crippen LogP contribution in [0.2, 0.25) is 0 Å². The van der Waals surface area contributed by atoms with E-state index in [-0.39, 0.29) is 42.4 Å². The molecule has 1 fully saturated rings. The molecule has 0 aliphatic carbocycles. The zero-order valence-electron chi connectivity index (χ0n) is 17.8. The zero-order valence-corrected chi connectivity index (χ0v) is 20.1. The lowest BCUT2D eigenvalue weighted by atomic mass is 9.96. The second-order valence-corrected chi connectivity index (χ2v) is 7.54. The first-order valence-electron chi connectivity index (χ1n) is 10.7. The third-order valence-electron chi connectivity index (χ3n) is 5.27. The van der Waals surface area contributed by atoms with Crippen LogP contribution >= 0.6 is 24.0 Å². The standard InChI is InChI=1S/C20H41N5O2.HI/c1-3-7-17(10-15-26)16-24-20(22-4-2)23-11-5-6-12-25-13-8-18(9-14-25)19(21)27;/h17-18,26H,3-16H2,1-2H3,(H2,21,27)(H2,22,23,24);1H. The van der Waals surface area contributed by atoms with Crippen molar-refractivity contribution in [2.24, 2.45) is 22.6 Å². The van der Waals surface area contributed by atoms with E-state index in [0.29, 0.717) is 5.92 Å². The lowest BCUT2D eigenvalue weighted by Crippen LogP contribution is -2.40. The van der Waals surface area contributed by atoms with Crippen molar-refractivity contribution in [3.05, 3.63) is 0 Å². The van der Waals surface area contributed by atoms with Crippen molar-refractivity contribution in [3.63, 3.8) is 0 Å². The van der Waals surface area contributed by atoms with Crippen LogP contribution in [0, 0.1) is 11.8 Å². The highest BCUT2D eigenvalue weighted by Gasteiger charge is 2.22. The van der Waals surface area contributed by atoms with Crippen molar-refractivity contribution in [1.82, 2.24) is 15.5 Å². The molecule has 0 spiro atoms. The monoisotopic (exact) mass is 511 g/mol. The summed E-state index contributed by atoms with van der Waals surface area (Å²) in [6.45, 7) is 10.0. The third-order valence-corrected chi connectivity index (χ3v) is 5.27. The number of aliphatic hydroxyl groups excluding tert-OH is 1. The molecule has 28 heavy (non-hydrogen) atoms. The number of carbonyl (C=O) groups excluding carboxylic acids is 1. The normalized spacial score (nSPS) is 17.0. The predicted octanol–water partition coefficient (Wildman–Crippen LogP) is 1.94. The third kappa shape index (κ3) is 12.1. The first-order chi connectivity index (χ1) is 13.1. The molecule has 1 aliphatic heterocycles. The molecule has 0 bridgehead atoms. The van der Waals surface area contributed by atoms with Crippen molar-refractivity contribution < 1.29 is 9.90 Å². The number of likely N-dealkylation sites (tertiary alicyclic amines) is 1. The Balaban J connectivity index is 0.00000729. The summed E-state index contributed by atoms with van der Waals surface area (Å²) in [7, 11) is 0. The molecule has 1 unspecified atom stereocenters. The average molecular weight is 511 g/mol. The van der Waals surface area contributed by atoms with Crippen LogP contribution in [0.25, 0.3) is 0 Å². The van der Waals surface area contributed by atoms with Crippen molar-refractivity contribution in [2.45, 2.75) is 58.8 Å². The van der Waals surface area contributed by atoms with Crippen LogP contribution in [0.4, 0.5) is 0 Å². The fraction of sp³-hybridized carbons (Fsp3) is 0.900. The van der Waals surface area contributed by atoms with Gasteiger partial charge in [-0.1, -0.05) is 13.3 Å². The van der Waals surface area contributed by atoms with Crippen molar-refractivity contribution in [1.29, 1.82) is 0 Å². The van der Waals surface area contributed by atoms with Crippen LogP contribution in [-0.2, 0) is 4.79 Å². The molecule has 1 aliphatic rings. The van der Waals surface area contributed by atoms with E-state index in [1.165, 1.54) is 0 Å². The van der Waals surface area contributed by atoms with Gasteiger partial charge in [0.05, 0.1) is 0 Å². The van der Waals surface area contributed by atoms with E-state index in [0.717, 1.165) is 90.2 Å². The highest BCUT2D eigenvalue weighted by molar-refractivity contribution is 14.0. The maximum absolute atomic E-state index is 11.2. The zero-order chi connectivity index (χ0) is 19.9. The van der Waals surface area contributed by atoms with E-state index in [4.69, 9.17) is 10.7 Å². The summed E-state index contributed by atoms with van der Waals surface area (Å²) in [5, 5.41) is 15.9. The van der Waals surface area contributed by atoms with Gasteiger partial charge in [-0.2, -0.15) is 0 Å². The lowest BCUT2D eigenvalue weighted by Gasteiger charge is -2.30.